The fraction of sp³-hybridized carbons (Fsp3) is 0.400. The van der Waals surface area contributed by atoms with Gasteiger partial charge in [0.25, 0.3) is 0 Å². The van der Waals surface area contributed by atoms with Crippen LogP contribution in [0.4, 0.5) is 11.9 Å². The van der Waals surface area contributed by atoms with Crippen LogP contribution >= 0.6 is 11.6 Å². The summed E-state index contributed by atoms with van der Waals surface area (Å²) in [5.74, 6) is 0.928. The lowest BCUT2D eigenvalue weighted by atomic mass is 10.4. The molecule has 0 amide bonds. The van der Waals surface area contributed by atoms with Crippen molar-refractivity contribution in [1.82, 2.24) is 24.5 Å². The summed E-state index contributed by atoms with van der Waals surface area (Å²) in [7, 11) is 1.73. The first-order valence-electron chi connectivity index (χ1n) is 5.57. The van der Waals surface area contributed by atoms with Gasteiger partial charge in [0.1, 0.15) is 0 Å². The predicted octanol–water partition coefficient (Wildman–Crippen LogP) is 1.27. The van der Waals surface area contributed by atoms with E-state index in [1.54, 1.807) is 19.6 Å². The van der Waals surface area contributed by atoms with E-state index in [1.807, 2.05) is 10.8 Å². The minimum Gasteiger partial charge on any atom is -0.357 e. The molecule has 7 nitrogen and oxygen atoms in total. The Morgan fingerprint density at radius 3 is 2.83 bits per heavy atom. The van der Waals surface area contributed by atoms with Crippen LogP contribution in [-0.2, 0) is 6.54 Å². The summed E-state index contributed by atoms with van der Waals surface area (Å²) in [5.41, 5.74) is 0. The van der Waals surface area contributed by atoms with E-state index in [-0.39, 0.29) is 5.28 Å². The van der Waals surface area contributed by atoms with Gasteiger partial charge in [0.05, 0.1) is 6.33 Å². The van der Waals surface area contributed by atoms with Crippen molar-refractivity contribution in [3.8, 4) is 0 Å². The van der Waals surface area contributed by atoms with E-state index < -0.39 is 0 Å². The molecule has 0 aromatic carbocycles. The van der Waals surface area contributed by atoms with Crippen LogP contribution in [0.2, 0.25) is 5.28 Å². The second kappa shape index (κ2) is 6.15. The first-order chi connectivity index (χ1) is 8.78. The molecule has 18 heavy (non-hydrogen) atoms. The van der Waals surface area contributed by atoms with Gasteiger partial charge in [0, 0.05) is 32.5 Å². The topological polar surface area (TPSA) is 80.5 Å². The largest absolute Gasteiger partial charge is 0.357 e. The zero-order chi connectivity index (χ0) is 12.8. The van der Waals surface area contributed by atoms with E-state index in [9.17, 15) is 0 Å². The number of anilines is 2. The van der Waals surface area contributed by atoms with Crippen LogP contribution in [0.25, 0.3) is 0 Å². The average molecular weight is 268 g/mol. The Hall–Kier alpha value is -1.89. The molecule has 0 aliphatic carbocycles. The normalized spacial score (nSPS) is 10.3. The fourth-order valence-corrected chi connectivity index (χ4v) is 1.58. The van der Waals surface area contributed by atoms with Gasteiger partial charge in [0.15, 0.2) is 0 Å². The quantitative estimate of drug-likeness (QED) is 0.767. The second-order valence-corrected chi connectivity index (χ2v) is 3.92. The van der Waals surface area contributed by atoms with Crippen molar-refractivity contribution in [3.05, 3.63) is 24.0 Å². The summed E-state index contributed by atoms with van der Waals surface area (Å²) < 4.78 is 2.01. The van der Waals surface area contributed by atoms with Crippen molar-refractivity contribution in [1.29, 1.82) is 0 Å². The summed E-state index contributed by atoms with van der Waals surface area (Å²) in [6.45, 7) is 1.65. The van der Waals surface area contributed by atoms with Gasteiger partial charge in [-0.15, -0.1) is 0 Å². The molecule has 0 aliphatic heterocycles. The Kier molecular flexibility index (Phi) is 4.30. The highest BCUT2D eigenvalue weighted by molar-refractivity contribution is 6.28. The SMILES string of the molecule is CNc1nc(Cl)nc(NCCCn2ccnc2)n1. The highest BCUT2D eigenvalue weighted by Crippen LogP contribution is 2.08. The van der Waals surface area contributed by atoms with E-state index in [4.69, 9.17) is 11.6 Å². The summed E-state index contributed by atoms with van der Waals surface area (Å²) in [5, 5.41) is 6.10. The van der Waals surface area contributed by atoms with Crippen molar-refractivity contribution in [2.75, 3.05) is 24.2 Å². The molecule has 0 spiro atoms. The Balaban J connectivity index is 1.81. The van der Waals surface area contributed by atoms with Gasteiger partial charge >= 0.3 is 0 Å². The highest BCUT2D eigenvalue weighted by atomic mass is 35.5. The van der Waals surface area contributed by atoms with Crippen LogP contribution in [0.15, 0.2) is 18.7 Å². The first-order valence-corrected chi connectivity index (χ1v) is 5.94. The maximum atomic E-state index is 5.77. The lowest BCUT2D eigenvalue weighted by Crippen LogP contribution is -2.10. The number of hydrogen-bond donors (Lipinski definition) is 2. The second-order valence-electron chi connectivity index (χ2n) is 3.58. The van der Waals surface area contributed by atoms with Crippen LogP contribution in [0.3, 0.4) is 0 Å². The van der Waals surface area contributed by atoms with Crippen LogP contribution in [-0.4, -0.2) is 38.1 Å². The molecule has 0 bridgehead atoms. The van der Waals surface area contributed by atoms with Gasteiger partial charge in [-0.25, -0.2) is 4.98 Å². The van der Waals surface area contributed by atoms with E-state index in [0.29, 0.717) is 11.9 Å². The lowest BCUT2D eigenvalue weighted by molar-refractivity contribution is 0.659. The van der Waals surface area contributed by atoms with Crippen LogP contribution in [0.1, 0.15) is 6.42 Å². The van der Waals surface area contributed by atoms with Gasteiger partial charge in [-0.05, 0) is 18.0 Å². The number of nitrogens with one attached hydrogen (secondary N) is 2. The van der Waals surface area contributed by atoms with Crippen molar-refractivity contribution < 1.29 is 0 Å². The molecule has 2 aromatic heterocycles. The van der Waals surface area contributed by atoms with Crippen LogP contribution in [0.5, 0.6) is 0 Å². The number of halogens is 1. The molecule has 0 radical (unpaired) electrons. The molecule has 0 atom stereocenters. The predicted molar refractivity (Wildman–Crippen MR) is 69.7 cm³/mol. The molecule has 96 valence electrons. The third kappa shape index (κ3) is 3.56. The standard InChI is InChI=1S/C10H14ClN7/c1-12-9-15-8(11)16-10(17-9)14-3-2-5-18-6-4-13-7-18/h4,6-7H,2-3,5H2,1H3,(H2,12,14,15,16,17). The zero-order valence-corrected chi connectivity index (χ0v) is 10.7. The third-order valence-corrected chi connectivity index (χ3v) is 2.44. The molecule has 0 aliphatic rings. The minimum atomic E-state index is 0.173. The molecule has 2 rings (SSSR count). The maximum Gasteiger partial charge on any atom is 0.228 e. The number of imidazole rings is 1. The lowest BCUT2D eigenvalue weighted by Gasteiger charge is -2.06. The Morgan fingerprint density at radius 1 is 1.28 bits per heavy atom. The molecule has 8 heteroatoms. The molecule has 0 saturated carbocycles. The van der Waals surface area contributed by atoms with E-state index in [2.05, 4.69) is 30.6 Å². The monoisotopic (exact) mass is 267 g/mol. The van der Waals surface area contributed by atoms with Crippen molar-refractivity contribution in [2.24, 2.45) is 0 Å². The van der Waals surface area contributed by atoms with Crippen molar-refractivity contribution >= 4 is 23.5 Å². The fourth-order valence-electron chi connectivity index (χ4n) is 1.42. The van der Waals surface area contributed by atoms with Gasteiger partial charge < -0.3 is 15.2 Å². The molecule has 0 fully saturated rings. The van der Waals surface area contributed by atoms with E-state index in [1.165, 1.54) is 0 Å². The van der Waals surface area contributed by atoms with Crippen molar-refractivity contribution in [3.63, 3.8) is 0 Å². The Morgan fingerprint density at radius 2 is 2.11 bits per heavy atom. The first kappa shape index (κ1) is 12.6. The average Bonchev–Trinajstić information content (AvgIpc) is 2.87. The van der Waals surface area contributed by atoms with E-state index in [0.717, 1.165) is 19.5 Å². The summed E-state index contributed by atoms with van der Waals surface area (Å²) in [4.78, 5) is 16.0. The minimum absolute atomic E-state index is 0.173. The zero-order valence-electron chi connectivity index (χ0n) is 9.97. The molecule has 2 heterocycles. The van der Waals surface area contributed by atoms with Gasteiger partial charge in [-0.3, -0.25) is 0 Å². The van der Waals surface area contributed by atoms with Gasteiger partial charge in [0.2, 0.25) is 17.2 Å². The summed E-state index contributed by atoms with van der Waals surface area (Å²) in [6, 6.07) is 0. The van der Waals surface area contributed by atoms with Crippen LogP contribution in [0, 0.1) is 0 Å². The molecular weight excluding hydrogens is 254 g/mol. The molecule has 2 N–H and O–H groups in total. The number of aromatic nitrogens is 5. The highest BCUT2D eigenvalue weighted by Gasteiger charge is 2.02. The number of rotatable bonds is 6. The Labute approximate surface area is 110 Å². The summed E-state index contributed by atoms with van der Waals surface area (Å²) >= 11 is 5.77. The number of hydrogen-bond acceptors (Lipinski definition) is 6. The van der Waals surface area contributed by atoms with Crippen molar-refractivity contribution in [2.45, 2.75) is 13.0 Å². The number of nitrogens with zero attached hydrogens (tertiary/aromatic N) is 5. The molecule has 0 saturated heterocycles. The molecule has 0 unspecified atom stereocenters. The Bertz CT molecular complexity index is 485. The van der Waals surface area contributed by atoms with Gasteiger partial charge in [-0.1, -0.05) is 0 Å². The molecular formula is C10H14ClN7. The van der Waals surface area contributed by atoms with Crippen LogP contribution < -0.4 is 10.6 Å². The third-order valence-electron chi connectivity index (χ3n) is 2.27. The van der Waals surface area contributed by atoms with E-state index >= 15 is 0 Å². The summed E-state index contributed by atoms with van der Waals surface area (Å²) in [6.07, 6.45) is 6.42. The maximum absolute atomic E-state index is 5.77. The van der Waals surface area contributed by atoms with Gasteiger partial charge in [-0.2, -0.15) is 15.0 Å². The number of aryl methyl sites for hydroxylation is 1. The smallest absolute Gasteiger partial charge is 0.228 e. The molecule has 2 aromatic rings.